The molecule has 2 amide bonds. The lowest BCUT2D eigenvalue weighted by Crippen LogP contribution is -2.28. The first-order valence-electron chi connectivity index (χ1n) is 10.5. The highest BCUT2D eigenvalue weighted by Gasteiger charge is 2.13. The largest absolute Gasteiger partial charge is 0.326 e. The summed E-state index contributed by atoms with van der Waals surface area (Å²) < 4.78 is 1.14. The van der Waals surface area contributed by atoms with Crippen LogP contribution in [0.5, 0.6) is 0 Å². The second-order valence-corrected chi connectivity index (χ2v) is 8.11. The topological polar surface area (TPSA) is 93.1 Å². The molecule has 0 atom stereocenters. The Morgan fingerprint density at radius 3 is 2.19 bits per heavy atom. The van der Waals surface area contributed by atoms with Crippen molar-refractivity contribution in [2.24, 2.45) is 0 Å². The van der Waals surface area contributed by atoms with Gasteiger partial charge in [0.1, 0.15) is 5.69 Å². The molecule has 166 valence electrons. The lowest BCUT2D eigenvalue weighted by molar-refractivity contribution is -0.116. The fourth-order valence-corrected chi connectivity index (χ4v) is 3.53. The Balaban J connectivity index is 1.68. The van der Waals surface area contributed by atoms with Crippen molar-refractivity contribution in [2.75, 3.05) is 10.6 Å². The molecule has 3 aromatic rings. The Morgan fingerprint density at radius 1 is 0.844 bits per heavy atom. The SMILES string of the molecule is Cc1cc(C)c(NC(=O)CCn2nc(C(=O)Nc3ccc(C)c(C)c3)ccc2=O)c(C)c1. The molecule has 2 N–H and O–H groups in total. The molecule has 7 nitrogen and oxygen atoms in total. The molecule has 7 heteroatoms. The summed E-state index contributed by atoms with van der Waals surface area (Å²) >= 11 is 0. The van der Waals surface area contributed by atoms with Gasteiger partial charge in [0.15, 0.2) is 0 Å². The molecule has 0 unspecified atom stereocenters. The number of rotatable bonds is 6. The standard InChI is InChI=1S/C25H28N4O3/c1-15-12-18(4)24(19(5)13-15)27-22(30)10-11-29-23(31)9-8-21(28-29)25(32)26-20-7-6-16(2)17(3)14-20/h6-9,12-14H,10-11H2,1-5H3,(H,26,32)(H,27,30). The Bertz CT molecular complexity index is 1220. The highest BCUT2D eigenvalue weighted by Crippen LogP contribution is 2.22. The van der Waals surface area contributed by atoms with Crippen LogP contribution in [0.1, 0.15) is 44.7 Å². The number of benzene rings is 2. The van der Waals surface area contributed by atoms with Crippen LogP contribution < -0.4 is 16.2 Å². The van der Waals surface area contributed by atoms with Gasteiger partial charge in [-0.1, -0.05) is 23.8 Å². The number of nitrogens with one attached hydrogen (secondary N) is 2. The van der Waals surface area contributed by atoms with Gasteiger partial charge in [0.05, 0.1) is 6.54 Å². The second-order valence-electron chi connectivity index (χ2n) is 8.11. The molecular weight excluding hydrogens is 404 g/mol. The van der Waals surface area contributed by atoms with Gasteiger partial charge in [-0.15, -0.1) is 0 Å². The minimum absolute atomic E-state index is 0.0574. The highest BCUT2D eigenvalue weighted by molar-refractivity contribution is 6.02. The number of carbonyl (C=O) groups excluding carboxylic acids is 2. The number of aromatic nitrogens is 2. The van der Waals surface area contributed by atoms with Crippen LogP contribution in [0.4, 0.5) is 11.4 Å². The summed E-state index contributed by atoms with van der Waals surface area (Å²) in [5.74, 6) is -0.643. The van der Waals surface area contributed by atoms with Gasteiger partial charge in [0, 0.05) is 23.9 Å². The average Bonchev–Trinajstić information content (AvgIpc) is 2.72. The third-order valence-corrected chi connectivity index (χ3v) is 5.36. The normalized spacial score (nSPS) is 10.7. The van der Waals surface area contributed by atoms with E-state index in [0.717, 1.165) is 38.2 Å². The van der Waals surface area contributed by atoms with Crippen LogP contribution >= 0.6 is 0 Å². The van der Waals surface area contributed by atoms with E-state index in [9.17, 15) is 14.4 Å². The fraction of sp³-hybridized carbons (Fsp3) is 0.280. The van der Waals surface area contributed by atoms with E-state index in [0.29, 0.717) is 5.69 Å². The van der Waals surface area contributed by atoms with Gasteiger partial charge >= 0.3 is 0 Å². The van der Waals surface area contributed by atoms with Gasteiger partial charge in [-0.25, -0.2) is 4.68 Å². The first-order valence-corrected chi connectivity index (χ1v) is 10.5. The van der Waals surface area contributed by atoms with E-state index in [4.69, 9.17) is 0 Å². The van der Waals surface area contributed by atoms with Crippen molar-refractivity contribution in [2.45, 2.75) is 47.6 Å². The molecule has 0 fully saturated rings. The zero-order chi connectivity index (χ0) is 23.4. The Kier molecular flexibility index (Phi) is 6.88. The molecule has 0 aliphatic carbocycles. The van der Waals surface area contributed by atoms with Crippen LogP contribution in [0.25, 0.3) is 0 Å². The monoisotopic (exact) mass is 432 g/mol. The van der Waals surface area contributed by atoms with E-state index in [2.05, 4.69) is 15.7 Å². The summed E-state index contributed by atoms with van der Waals surface area (Å²) in [4.78, 5) is 37.2. The zero-order valence-electron chi connectivity index (χ0n) is 19.1. The smallest absolute Gasteiger partial charge is 0.276 e. The minimum Gasteiger partial charge on any atom is -0.326 e. The summed E-state index contributed by atoms with van der Waals surface area (Å²) in [5, 5.41) is 9.85. The van der Waals surface area contributed by atoms with Gasteiger partial charge in [-0.3, -0.25) is 14.4 Å². The Labute approximate surface area is 187 Å². The summed E-state index contributed by atoms with van der Waals surface area (Å²) in [6, 6.07) is 12.3. The van der Waals surface area contributed by atoms with Crippen molar-refractivity contribution in [3.8, 4) is 0 Å². The van der Waals surface area contributed by atoms with E-state index in [1.165, 1.54) is 12.1 Å². The third-order valence-electron chi connectivity index (χ3n) is 5.36. The number of hydrogen-bond acceptors (Lipinski definition) is 4. The number of carbonyl (C=O) groups is 2. The van der Waals surface area contributed by atoms with Crippen LogP contribution in [-0.4, -0.2) is 21.6 Å². The van der Waals surface area contributed by atoms with Crippen LogP contribution in [0.3, 0.4) is 0 Å². The van der Waals surface area contributed by atoms with Gasteiger partial charge in [-0.2, -0.15) is 5.10 Å². The third kappa shape index (κ3) is 5.49. The summed E-state index contributed by atoms with van der Waals surface area (Å²) in [6.07, 6.45) is 0.0574. The van der Waals surface area contributed by atoms with Crippen LogP contribution in [0.15, 0.2) is 47.3 Å². The molecule has 0 radical (unpaired) electrons. The predicted molar refractivity (Wildman–Crippen MR) is 126 cm³/mol. The molecule has 0 bridgehead atoms. The maximum Gasteiger partial charge on any atom is 0.276 e. The van der Waals surface area contributed by atoms with Crippen molar-refractivity contribution in [3.05, 3.63) is 86.3 Å². The molecule has 0 aliphatic rings. The minimum atomic E-state index is -0.419. The molecule has 1 aromatic heterocycles. The molecule has 32 heavy (non-hydrogen) atoms. The van der Waals surface area contributed by atoms with Crippen LogP contribution in [-0.2, 0) is 11.3 Å². The highest BCUT2D eigenvalue weighted by atomic mass is 16.2. The van der Waals surface area contributed by atoms with Crippen molar-refractivity contribution in [1.82, 2.24) is 9.78 Å². The van der Waals surface area contributed by atoms with E-state index in [1.54, 1.807) is 0 Å². The molecule has 0 spiro atoms. The van der Waals surface area contributed by atoms with Crippen molar-refractivity contribution in [3.63, 3.8) is 0 Å². The number of hydrogen-bond donors (Lipinski definition) is 2. The molecule has 0 saturated heterocycles. The number of aryl methyl sites for hydroxylation is 6. The van der Waals surface area contributed by atoms with Crippen LogP contribution in [0.2, 0.25) is 0 Å². The molecule has 0 aliphatic heterocycles. The van der Waals surface area contributed by atoms with Crippen molar-refractivity contribution >= 4 is 23.2 Å². The number of amides is 2. The molecule has 2 aromatic carbocycles. The van der Waals surface area contributed by atoms with E-state index < -0.39 is 5.91 Å². The second kappa shape index (κ2) is 9.60. The maximum atomic E-state index is 12.6. The van der Waals surface area contributed by atoms with Gasteiger partial charge < -0.3 is 10.6 Å². The average molecular weight is 433 g/mol. The summed E-state index contributed by atoms with van der Waals surface area (Å²) in [5.41, 5.74) is 6.45. The lowest BCUT2D eigenvalue weighted by Gasteiger charge is -2.13. The number of anilines is 2. The van der Waals surface area contributed by atoms with E-state index in [1.807, 2.05) is 65.0 Å². The quantitative estimate of drug-likeness (QED) is 0.614. The number of nitrogens with zero attached hydrogens (tertiary/aromatic N) is 2. The van der Waals surface area contributed by atoms with Gasteiger partial charge in [-0.05, 0) is 75.1 Å². The molecular formula is C25H28N4O3. The van der Waals surface area contributed by atoms with E-state index >= 15 is 0 Å². The Morgan fingerprint density at radius 2 is 1.53 bits per heavy atom. The summed E-state index contributed by atoms with van der Waals surface area (Å²) in [6.45, 7) is 9.93. The molecule has 1 heterocycles. The van der Waals surface area contributed by atoms with Gasteiger partial charge in [0.2, 0.25) is 5.91 Å². The summed E-state index contributed by atoms with van der Waals surface area (Å²) in [7, 11) is 0. The van der Waals surface area contributed by atoms with Crippen molar-refractivity contribution in [1.29, 1.82) is 0 Å². The van der Waals surface area contributed by atoms with E-state index in [-0.39, 0.29) is 30.1 Å². The first kappa shape index (κ1) is 22.9. The first-order chi connectivity index (χ1) is 15.1. The lowest BCUT2D eigenvalue weighted by atomic mass is 10.1. The fourth-order valence-electron chi connectivity index (χ4n) is 3.53. The molecule has 0 saturated carbocycles. The van der Waals surface area contributed by atoms with Crippen molar-refractivity contribution < 1.29 is 9.59 Å². The predicted octanol–water partition coefficient (Wildman–Crippen LogP) is 4.07. The van der Waals surface area contributed by atoms with Gasteiger partial charge in [0.25, 0.3) is 11.5 Å². The zero-order valence-corrected chi connectivity index (χ0v) is 19.1. The maximum absolute atomic E-state index is 12.6. The molecule has 3 rings (SSSR count). The van der Waals surface area contributed by atoms with Crippen LogP contribution in [0, 0.1) is 34.6 Å². The Hall–Kier alpha value is -3.74.